The van der Waals surface area contributed by atoms with Gasteiger partial charge in [0, 0.05) is 17.6 Å². The van der Waals surface area contributed by atoms with Crippen LogP contribution in [-0.2, 0) is 18.5 Å². The van der Waals surface area contributed by atoms with Crippen LogP contribution in [0.4, 0.5) is 0 Å². The van der Waals surface area contributed by atoms with Crippen LogP contribution in [-0.4, -0.2) is 19.2 Å². The Hall–Kier alpha value is -1.84. The van der Waals surface area contributed by atoms with Crippen molar-refractivity contribution in [2.45, 2.75) is 43.8 Å². The molecule has 2 N–H and O–H groups in total. The summed E-state index contributed by atoms with van der Waals surface area (Å²) in [7, 11) is 1.74. The van der Waals surface area contributed by atoms with Gasteiger partial charge in [-0.05, 0) is 49.9 Å². The summed E-state index contributed by atoms with van der Waals surface area (Å²) in [6.45, 7) is 4.28. The van der Waals surface area contributed by atoms with E-state index in [9.17, 15) is 0 Å². The van der Waals surface area contributed by atoms with Gasteiger partial charge in [0.2, 0.25) is 0 Å². The third-order valence-corrected chi connectivity index (χ3v) is 6.07. The van der Waals surface area contributed by atoms with Crippen molar-refractivity contribution in [3.05, 3.63) is 65.2 Å². The maximum Gasteiger partial charge on any atom is 0.123 e. The van der Waals surface area contributed by atoms with E-state index in [1.54, 1.807) is 7.11 Å². The Morgan fingerprint density at radius 1 is 1.12 bits per heavy atom. The SMILES string of the molecule is COc1ccccc1CN[C@@]12CCCN[C@]1(C)c1ccccc1C2. The molecule has 2 atom stereocenters. The lowest BCUT2D eigenvalue weighted by molar-refractivity contribution is 0.111. The standard InChI is InChI=1S/C21H26N2O/c1-20-18-10-5-3-8-16(18)14-21(20,12-7-13-22-20)23-15-17-9-4-6-11-19(17)24-2/h3-6,8-11,22-23H,7,12-15H2,1-2H3/t20-,21-/m1/s1. The molecule has 0 unspecified atom stereocenters. The molecule has 0 amide bonds. The maximum absolute atomic E-state index is 5.53. The normalized spacial score (nSPS) is 28.2. The highest BCUT2D eigenvalue weighted by Gasteiger charge is 2.55. The van der Waals surface area contributed by atoms with E-state index in [-0.39, 0.29) is 11.1 Å². The Kier molecular flexibility index (Phi) is 3.86. The molecule has 1 saturated heterocycles. The Bertz CT molecular complexity index is 744. The number of methoxy groups -OCH3 is 1. The minimum absolute atomic E-state index is 0.0101. The summed E-state index contributed by atoms with van der Waals surface area (Å²) in [5.74, 6) is 0.961. The summed E-state index contributed by atoms with van der Waals surface area (Å²) in [5, 5.41) is 7.76. The molecule has 3 nitrogen and oxygen atoms in total. The molecule has 1 aliphatic heterocycles. The van der Waals surface area contributed by atoms with E-state index < -0.39 is 0 Å². The Morgan fingerprint density at radius 2 is 1.92 bits per heavy atom. The van der Waals surface area contributed by atoms with E-state index in [1.807, 2.05) is 12.1 Å². The molecule has 2 aromatic rings. The topological polar surface area (TPSA) is 33.3 Å². The fraction of sp³-hybridized carbons (Fsp3) is 0.429. The van der Waals surface area contributed by atoms with Gasteiger partial charge >= 0.3 is 0 Å². The van der Waals surface area contributed by atoms with E-state index in [4.69, 9.17) is 4.74 Å². The van der Waals surface area contributed by atoms with E-state index in [0.717, 1.165) is 25.3 Å². The van der Waals surface area contributed by atoms with Crippen molar-refractivity contribution in [1.82, 2.24) is 10.6 Å². The second kappa shape index (κ2) is 5.91. The lowest BCUT2D eigenvalue weighted by Crippen LogP contribution is -2.66. The van der Waals surface area contributed by atoms with Gasteiger partial charge < -0.3 is 15.4 Å². The third kappa shape index (κ3) is 2.27. The summed E-state index contributed by atoms with van der Waals surface area (Å²) in [4.78, 5) is 0. The second-order valence-corrected chi connectivity index (χ2v) is 7.24. The molecule has 0 radical (unpaired) electrons. The predicted molar refractivity (Wildman–Crippen MR) is 97.3 cm³/mol. The van der Waals surface area contributed by atoms with Crippen molar-refractivity contribution in [3.63, 3.8) is 0 Å². The van der Waals surface area contributed by atoms with Crippen LogP contribution in [0, 0.1) is 0 Å². The van der Waals surface area contributed by atoms with Crippen molar-refractivity contribution >= 4 is 0 Å². The van der Waals surface area contributed by atoms with Crippen molar-refractivity contribution in [3.8, 4) is 5.75 Å². The van der Waals surface area contributed by atoms with Crippen molar-refractivity contribution in [2.75, 3.05) is 13.7 Å². The van der Waals surface area contributed by atoms with Crippen LogP contribution in [0.3, 0.4) is 0 Å². The van der Waals surface area contributed by atoms with Gasteiger partial charge in [-0.1, -0.05) is 42.5 Å². The predicted octanol–water partition coefficient (Wildman–Crippen LogP) is 3.38. The number of piperidine rings is 1. The van der Waals surface area contributed by atoms with Gasteiger partial charge in [-0.25, -0.2) is 0 Å². The summed E-state index contributed by atoms with van der Waals surface area (Å²) >= 11 is 0. The zero-order chi connectivity index (χ0) is 16.6. The Labute approximate surface area is 144 Å². The van der Waals surface area contributed by atoms with Gasteiger partial charge in [0.25, 0.3) is 0 Å². The minimum Gasteiger partial charge on any atom is -0.496 e. The smallest absolute Gasteiger partial charge is 0.123 e. The highest BCUT2D eigenvalue weighted by Crippen LogP contribution is 2.48. The average molecular weight is 322 g/mol. The van der Waals surface area contributed by atoms with Crippen molar-refractivity contribution in [2.24, 2.45) is 0 Å². The van der Waals surface area contributed by atoms with E-state index in [0.29, 0.717) is 0 Å². The van der Waals surface area contributed by atoms with Gasteiger partial charge in [0.15, 0.2) is 0 Å². The van der Waals surface area contributed by atoms with Crippen LogP contribution < -0.4 is 15.4 Å². The van der Waals surface area contributed by atoms with Gasteiger partial charge in [0.1, 0.15) is 5.75 Å². The summed E-state index contributed by atoms with van der Waals surface area (Å²) in [6.07, 6.45) is 3.49. The first-order valence-corrected chi connectivity index (χ1v) is 8.89. The van der Waals surface area contributed by atoms with E-state index in [1.165, 1.54) is 29.5 Å². The number of rotatable bonds is 4. The van der Waals surface area contributed by atoms with Gasteiger partial charge in [-0.2, -0.15) is 0 Å². The number of hydrogen-bond donors (Lipinski definition) is 2. The number of fused-ring (bicyclic) bond motifs is 3. The number of ether oxygens (including phenoxy) is 1. The van der Waals surface area contributed by atoms with Crippen LogP contribution in [0.15, 0.2) is 48.5 Å². The molecular weight excluding hydrogens is 296 g/mol. The van der Waals surface area contributed by atoms with E-state index >= 15 is 0 Å². The molecule has 24 heavy (non-hydrogen) atoms. The lowest BCUT2D eigenvalue weighted by Gasteiger charge is -2.49. The minimum atomic E-state index is -0.0101. The number of hydrogen-bond acceptors (Lipinski definition) is 3. The molecule has 3 heteroatoms. The molecule has 0 bridgehead atoms. The third-order valence-electron chi connectivity index (χ3n) is 6.07. The van der Waals surface area contributed by atoms with E-state index in [2.05, 4.69) is 54.0 Å². The molecular formula is C21H26N2O. The highest BCUT2D eigenvalue weighted by atomic mass is 16.5. The fourth-order valence-electron chi connectivity index (χ4n) is 4.69. The van der Waals surface area contributed by atoms with Gasteiger partial charge in [-0.3, -0.25) is 0 Å². The molecule has 1 aliphatic carbocycles. The zero-order valence-electron chi connectivity index (χ0n) is 14.6. The van der Waals surface area contributed by atoms with Crippen LogP contribution >= 0.6 is 0 Å². The molecule has 0 saturated carbocycles. The zero-order valence-corrected chi connectivity index (χ0v) is 14.6. The average Bonchev–Trinajstić information content (AvgIpc) is 2.89. The van der Waals surface area contributed by atoms with Crippen molar-refractivity contribution < 1.29 is 4.74 Å². The van der Waals surface area contributed by atoms with Gasteiger partial charge in [0.05, 0.1) is 12.6 Å². The maximum atomic E-state index is 5.53. The van der Waals surface area contributed by atoms with Crippen molar-refractivity contribution in [1.29, 1.82) is 0 Å². The number of para-hydroxylation sites is 1. The molecule has 1 fully saturated rings. The largest absolute Gasteiger partial charge is 0.496 e. The Morgan fingerprint density at radius 3 is 2.79 bits per heavy atom. The highest BCUT2D eigenvalue weighted by molar-refractivity contribution is 5.45. The summed E-state index contributed by atoms with van der Waals surface area (Å²) in [6, 6.07) is 17.2. The van der Waals surface area contributed by atoms with Crippen LogP contribution in [0.5, 0.6) is 5.75 Å². The molecule has 0 aromatic heterocycles. The molecule has 126 valence electrons. The lowest BCUT2D eigenvalue weighted by atomic mass is 9.72. The first-order chi connectivity index (χ1) is 11.7. The first-order valence-electron chi connectivity index (χ1n) is 8.89. The molecule has 2 aromatic carbocycles. The first kappa shape index (κ1) is 15.7. The molecule has 4 rings (SSSR count). The fourth-order valence-corrected chi connectivity index (χ4v) is 4.69. The molecule has 0 spiro atoms. The summed E-state index contributed by atoms with van der Waals surface area (Å²) < 4.78 is 5.53. The monoisotopic (exact) mass is 322 g/mol. The summed E-state index contributed by atoms with van der Waals surface area (Å²) in [5.41, 5.74) is 4.21. The van der Waals surface area contributed by atoms with Crippen LogP contribution in [0.25, 0.3) is 0 Å². The Balaban J connectivity index is 1.66. The van der Waals surface area contributed by atoms with Crippen LogP contribution in [0.1, 0.15) is 36.5 Å². The quantitative estimate of drug-likeness (QED) is 0.905. The number of benzene rings is 2. The van der Waals surface area contributed by atoms with Gasteiger partial charge in [-0.15, -0.1) is 0 Å². The molecule has 1 heterocycles. The van der Waals surface area contributed by atoms with Crippen LogP contribution in [0.2, 0.25) is 0 Å². The molecule has 2 aliphatic rings. The second-order valence-electron chi connectivity index (χ2n) is 7.24. The number of nitrogens with one attached hydrogen (secondary N) is 2.